The summed E-state index contributed by atoms with van der Waals surface area (Å²) in [5.74, 6) is 0.290. The first-order valence-corrected chi connectivity index (χ1v) is 8.64. The van der Waals surface area contributed by atoms with Crippen LogP contribution in [0.5, 0.6) is 11.5 Å². The molecule has 1 aliphatic heterocycles. The van der Waals surface area contributed by atoms with Crippen molar-refractivity contribution >= 4 is 17.6 Å². The summed E-state index contributed by atoms with van der Waals surface area (Å²) in [6, 6.07) is 3.24. The van der Waals surface area contributed by atoms with E-state index in [-0.39, 0.29) is 36.6 Å². The SMILES string of the molecule is COC(=O)CCCOc1cc(NO)c(C(=O)N2CCC[C@H]2C)cc1OC. The Kier molecular flexibility index (Phi) is 7.08. The van der Waals surface area contributed by atoms with Crippen LogP contribution in [0.3, 0.4) is 0 Å². The van der Waals surface area contributed by atoms with Crippen molar-refractivity contribution in [2.75, 3.05) is 32.9 Å². The molecule has 0 bridgehead atoms. The molecule has 0 aromatic heterocycles. The lowest BCUT2D eigenvalue weighted by Crippen LogP contribution is -2.34. The predicted molar refractivity (Wildman–Crippen MR) is 94.9 cm³/mol. The molecule has 1 fully saturated rings. The first kappa shape index (κ1) is 19.8. The first-order valence-electron chi connectivity index (χ1n) is 8.64. The van der Waals surface area contributed by atoms with E-state index in [0.29, 0.717) is 30.0 Å². The maximum Gasteiger partial charge on any atom is 0.305 e. The van der Waals surface area contributed by atoms with Crippen LogP contribution in [0.1, 0.15) is 43.0 Å². The minimum Gasteiger partial charge on any atom is -0.493 e. The van der Waals surface area contributed by atoms with Crippen molar-refractivity contribution in [3.05, 3.63) is 17.7 Å². The second-order valence-corrected chi connectivity index (χ2v) is 6.18. The fourth-order valence-electron chi connectivity index (χ4n) is 2.99. The minimum atomic E-state index is -0.307. The average Bonchev–Trinajstić information content (AvgIpc) is 3.09. The Hall–Kier alpha value is -2.48. The first-order chi connectivity index (χ1) is 12.5. The Morgan fingerprint density at radius 1 is 1.31 bits per heavy atom. The summed E-state index contributed by atoms with van der Waals surface area (Å²) in [6.07, 6.45) is 2.65. The van der Waals surface area contributed by atoms with Gasteiger partial charge in [0.25, 0.3) is 5.91 Å². The zero-order chi connectivity index (χ0) is 19.1. The van der Waals surface area contributed by atoms with Gasteiger partial charge in [0.2, 0.25) is 0 Å². The number of hydrogen-bond donors (Lipinski definition) is 2. The summed E-state index contributed by atoms with van der Waals surface area (Å²) >= 11 is 0. The van der Waals surface area contributed by atoms with E-state index in [0.717, 1.165) is 12.8 Å². The van der Waals surface area contributed by atoms with E-state index in [1.807, 2.05) is 6.92 Å². The number of hydrogen-bond acceptors (Lipinski definition) is 7. The fourth-order valence-corrected chi connectivity index (χ4v) is 2.99. The second kappa shape index (κ2) is 9.28. The number of carbonyl (C=O) groups is 2. The topological polar surface area (TPSA) is 97.3 Å². The van der Waals surface area contributed by atoms with Crippen molar-refractivity contribution in [3.8, 4) is 11.5 Å². The highest BCUT2D eigenvalue weighted by Crippen LogP contribution is 2.35. The average molecular weight is 366 g/mol. The van der Waals surface area contributed by atoms with Crippen molar-refractivity contribution in [1.29, 1.82) is 0 Å². The molecule has 1 amide bonds. The number of anilines is 1. The van der Waals surface area contributed by atoms with Crippen LogP contribution in [0.15, 0.2) is 12.1 Å². The van der Waals surface area contributed by atoms with Crippen LogP contribution in [-0.2, 0) is 9.53 Å². The van der Waals surface area contributed by atoms with Crippen LogP contribution < -0.4 is 15.0 Å². The molecule has 8 nitrogen and oxygen atoms in total. The third kappa shape index (κ3) is 4.57. The van der Waals surface area contributed by atoms with Gasteiger partial charge in [0, 0.05) is 25.1 Å². The molecule has 0 aliphatic carbocycles. The van der Waals surface area contributed by atoms with Gasteiger partial charge in [0.1, 0.15) is 0 Å². The molecule has 1 atom stereocenters. The predicted octanol–water partition coefficient (Wildman–Crippen LogP) is 2.45. The van der Waals surface area contributed by atoms with E-state index < -0.39 is 0 Å². The number of benzene rings is 1. The summed E-state index contributed by atoms with van der Waals surface area (Å²) in [6.45, 7) is 2.97. The minimum absolute atomic E-state index is 0.161. The van der Waals surface area contributed by atoms with Crippen molar-refractivity contribution < 1.29 is 29.0 Å². The van der Waals surface area contributed by atoms with E-state index in [9.17, 15) is 14.8 Å². The summed E-state index contributed by atoms with van der Waals surface area (Å²) in [5, 5.41) is 9.46. The highest BCUT2D eigenvalue weighted by molar-refractivity contribution is 6.00. The van der Waals surface area contributed by atoms with Gasteiger partial charge in [0.05, 0.1) is 32.1 Å². The Morgan fingerprint density at radius 3 is 2.65 bits per heavy atom. The summed E-state index contributed by atoms with van der Waals surface area (Å²) in [7, 11) is 2.82. The molecule has 0 unspecified atom stereocenters. The smallest absolute Gasteiger partial charge is 0.305 e. The normalized spacial score (nSPS) is 16.3. The van der Waals surface area contributed by atoms with Crippen molar-refractivity contribution in [2.24, 2.45) is 0 Å². The number of nitrogens with one attached hydrogen (secondary N) is 1. The molecule has 2 N–H and O–H groups in total. The largest absolute Gasteiger partial charge is 0.493 e. The van der Waals surface area contributed by atoms with E-state index in [1.54, 1.807) is 11.0 Å². The number of likely N-dealkylation sites (tertiary alicyclic amines) is 1. The van der Waals surface area contributed by atoms with E-state index in [2.05, 4.69) is 10.2 Å². The lowest BCUT2D eigenvalue weighted by Gasteiger charge is -2.23. The Labute approximate surface area is 153 Å². The molecule has 0 saturated carbocycles. The van der Waals surface area contributed by atoms with Crippen LogP contribution in [0.2, 0.25) is 0 Å². The van der Waals surface area contributed by atoms with Crippen LogP contribution in [0.4, 0.5) is 5.69 Å². The zero-order valence-corrected chi connectivity index (χ0v) is 15.4. The maximum absolute atomic E-state index is 12.8. The molecule has 8 heteroatoms. The molecule has 2 rings (SSSR count). The van der Waals surface area contributed by atoms with Crippen molar-refractivity contribution in [2.45, 2.75) is 38.6 Å². The molecule has 26 heavy (non-hydrogen) atoms. The van der Waals surface area contributed by atoms with Crippen LogP contribution in [0.25, 0.3) is 0 Å². The molecule has 144 valence electrons. The van der Waals surface area contributed by atoms with Crippen LogP contribution in [0, 0.1) is 0 Å². The number of carbonyl (C=O) groups excluding carboxylic acids is 2. The Bertz CT molecular complexity index is 649. The number of ether oxygens (including phenoxy) is 3. The molecule has 0 spiro atoms. The van der Waals surface area contributed by atoms with Gasteiger partial charge in [-0.1, -0.05) is 0 Å². The summed E-state index contributed by atoms with van der Waals surface area (Å²) < 4.78 is 15.5. The molecule has 0 radical (unpaired) electrons. The number of esters is 1. The summed E-state index contributed by atoms with van der Waals surface area (Å²) in [5.41, 5.74) is 2.63. The number of methoxy groups -OCH3 is 2. The van der Waals surface area contributed by atoms with E-state index in [1.165, 1.54) is 20.3 Å². The summed E-state index contributed by atoms with van der Waals surface area (Å²) in [4.78, 5) is 25.7. The van der Waals surface area contributed by atoms with Crippen LogP contribution >= 0.6 is 0 Å². The van der Waals surface area contributed by atoms with Gasteiger partial charge in [-0.3, -0.25) is 20.3 Å². The van der Waals surface area contributed by atoms with Gasteiger partial charge in [-0.25, -0.2) is 0 Å². The molecule has 1 heterocycles. The standard InChI is InChI=1S/C18H26N2O6/c1-12-6-4-8-20(12)18(22)13-10-15(24-2)16(11-14(13)19-23)26-9-5-7-17(21)25-3/h10-12,19,23H,4-9H2,1-3H3/t12-/m1/s1. The second-order valence-electron chi connectivity index (χ2n) is 6.18. The van der Waals surface area contributed by atoms with E-state index >= 15 is 0 Å². The molecule has 1 aromatic carbocycles. The number of amides is 1. The Morgan fingerprint density at radius 2 is 2.08 bits per heavy atom. The lowest BCUT2D eigenvalue weighted by molar-refractivity contribution is -0.140. The molecule has 1 saturated heterocycles. The Balaban J connectivity index is 2.16. The zero-order valence-electron chi connectivity index (χ0n) is 15.4. The number of rotatable bonds is 8. The maximum atomic E-state index is 12.8. The molecular weight excluding hydrogens is 340 g/mol. The molecule has 1 aliphatic rings. The lowest BCUT2D eigenvalue weighted by atomic mass is 10.1. The van der Waals surface area contributed by atoms with Gasteiger partial charge in [-0.2, -0.15) is 0 Å². The highest BCUT2D eigenvalue weighted by atomic mass is 16.5. The molecule has 1 aromatic rings. The highest BCUT2D eigenvalue weighted by Gasteiger charge is 2.28. The third-order valence-corrected chi connectivity index (χ3v) is 4.48. The van der Waals surface area contributed by atoms with Crippen molar-refractivity contribution in [1.82, 2.24) is 4.90 Å². The monoisotopic (exact) mass is 366 g/mol. The van der Waals surface area contributed by atoms with Gasteiger partial charge in [-0.15, -0.1) is 0 Å². The quantitative estimate of drug-likeness (QED) is 0.414. The van der Waals surface area contributed by atoms with Gasteiger partial charge < -0.3 is 19.1 Å². The van der Waals surface area contributed by atoms with Gasteiger partial charge >= 0.3 is 5.97 Å². The molecular formula is C18H26N2O6. The third-order valence-electron chi connectivity index (χ3n) is 4.48. The fraction of sp³-hybridized carbons (Fsp3) is 0.556. The number of nitrogens with zero attached hydrogens (tertiary/aromatic N) is 1. The van der Waals surface area contributed by atoms with Crippen LogP contribution in [-0.4, -0.2) is 55.4 Å². The van der Waals surface area contributed by atoms with Crippen molar-refractivity contribution in [3.63, 3.8) is 0 Å². The van der Waals surface area contributed by atoms with Gasteiger partial charge in [-0.05, 0) is 32.3 Å². The van der Waals surface area contributed by atoms with E-state index in [4.69, 9.17) is 9.47 Å². The van der Waals surface area contributed by atoms with Gasteiger partial charge in [0.15, 0.2) is 11.5 Å².